The normalized spacial score (nSPS) is 12.6. The monoisotopic (exact) mass is 473 g/mol. The molecule has 0 aliphatic rings. The lowest BCUT2D eigenvalue weighted by Gasteiger charge is -2.13. The van der Waals surface area contributed by atoms with E-state index in [1.165, 1.54) is 17.4 Å². The fraction of sp³-hybridized carbons (Fsp3) is 0.167. The fourth-order valence-electron chi connectivity index (χ4n) is 2.48. The van der Waals surface area contributed by atoms with Gasteiger partial charge < -0.3 is 13.5 Å². The number of alkyl halides is 3. The van der Waals surface area contributed by atoms with Gasteiger partial charge in [-0.15, -0.1) is 11.3 Å². The Hall–Kier alpha value is -3.19. The van der Waals surface area contributed by atoms with Gasteiger partial charge in [-0.25, -0.2) is 14.8 Å². The third-order valence-electron chi connectivity index (χ3n) is 3.85. The van der Waals surface area contributed by atoms with Gasteiger partial charge in [0.1, 0.15) is 10.6 Å². The fourth-order valence-corrected chi connectivity index (χ4v) is 3.59. The van der Waals surface area contributed by atoms with Gasteiger partial charge in [0.05, 0.1) is 20.0 Å². The van der Waals surface area contributed by atoms with E-state index >= 15 is 0 Å². The molecular weight excluding hydrogens is 459 g/mol. The Morgan fingerprint density at radius 2 is 2.06 bits per heavy atom. The van der Waals surface area contributed by atoms with Crippen LogP contribution in [0.25, 0.3) is 11.6 Å². The zero-order chi connectivity index (χ0) is 22.6. The van der Waals surface area contributed by atoms with Crippen molar-refractivity contribution in [1.29, 1.82) is 0 Å². The molecule has 0 bridgehead atoms. The molecule has 0 amide bonds. The third-order valence-corrected chi connectivity index (χ3v) is 5.67. The summed E-state index contributed by atoms with van der Waals surface area (Å²) in [4.78, 5) is 20.1. The molecule has 0 spiro atoms. The van der Waals surface area contributed by atoms with Gasteiger partial charge in [0.2, 0.25) is 0 Å². The number of rotatable bonds is 7. The largest absolute Gasteiger partial charge is 0.534 e. The molecule has 0 radical (unpaired) electrons. The molecule has 8 nitrogen and oxygen atoms in total. The van der Waals surface area contributed by atoms with Crippen molar-refractivity contribution >= 4 is 39.1 Å². The van der Waals surface area contributed by atoms with Crippen LogP contribution in [0.2, 0.25) is 0 Å². The summed E-state index contributed by atoms with van der Waals surface area (Å²) in [5.74, 6) is -1.86. The quantitative estimate of drug-likeness (QED) is 0.294. The van der Waals surface area contributed by atoms with Gasteiger partial charge in [-0.2, -0.15) is 21.6 Å². The molecule has 2 aromatic heterocycles. The Morgan fingerprint density at radius 1 is 1.29 bits per heavy atom. The number of esters is 1. The average molecular weight is 473 g/mol. The van der Waals surface area contributed by atoms with Crippen LogP contribution >= 0.6 is 11.3 Å². The molecule has 3 rings (SSSR count). The van der Waals surface area contributed by atoms with Gasteiger partial charge in [-0.3, -0.25) is 0 Å². The van der Waals surface area contributed by atoms with Crippen LogP contribution in [-0.4, -0.2) is 41.5 Å². The van der Waals surface area contributed by atoms with Crippen LogP contribution in [0.5, 0.6) is 5.75 Å². The number of halogens is 3. The first-order chi connectivity index (χ1) is 14.6. The van der Waals surface area contributed by atoms with Crippen molar-refractivity contribution in [3.05, 3.63) is 64.6 Å². The Balaban J connectivity index is 2.06. The lowest BCUT2D eigenvalue weighted by atomic mass is 10.1. The van der Waals surface area contributed by atoms with Crippen LogP contribution in [0.3, 0.4) is 0 Å². The number of thiazole rings is 1. The molecule has 0 atom stereocenters. The first-order valence-electron chi connectivity index (χ1n) is 8.40. The lowest BCUT2D eigenvalue weighted by molar-refractivity contribution is -0.0500. The summed E-state index contributed by atoms with van der Waals surface area (Å²) in [5.41, 5.74) is -5.19. The van der Waals surface area contributed by atoms with Crippen molar-refractivity contribution in [3.8, 4) is 5.75 Å². The number of carbonyl (C=O) groups is 1. The topological polar surface area (TPSA) is 100 Å². The second-order valence-corrected chi connectivity index (χ2v) is 8.40. The molecule has 1 aromatic carbocycles. The van der Waals surface area contributed by atoms with Crippen LogP contribution in [0.4, 0.5) is 13.2 Å². The second kappa shape index (κ2) is 8.89. The van der Waals surface area contributed by atoms with Gasteiger partial charge in [0.25, 0.3) is 0 Å². The van der Waals surface area contributed by atoms with Gasteiger partial charge in [0, 0.05) is 29.5 Å². The number of carbonyl (C=O) groups excluding carboxylic acids is 1. The van der Waals surface area contributed by atoms with Crippen LogP contribution in [0, 0.1) is 0 Å². The molecule has 3 aromatic rings. The number of methoxy groups -OCH3 is 1. The van der Waals surface area contributed by atoms with E-state index in [0.717, 1.165) is 19.2 Å². The summed E-state index contributed by atoms with van der Waals surface area (Å²) in [5, 5.41) is 2.39. The number of hydrogen-bond donors (Lipinski definition) is 0. The summed E-state index contributed by atoms with van der Waals surface area (Å²) in [7, 11) is -4.99. The molecule has 31 heavy (non-hydrogen) atoms. The van der Waals surface area contributed by atoms with E-state index in [9.17, 15) is 26.4 Å². The maximum Gasteiger partial charge on any atom is 0.534 e. The maximum atomic E-state index is 12.8. The minimum atomic E-state index is -6.00. The number of ether oxygens (including phenoxy) is 1. The van der Waals surface area contributed by atoms with Gasteiger partial charge in [0.15, 0.2) is 5.75 Å². The molecular formula is C18H14F3N3O5S2. The van der Waals surface area contributed by atoms with Crippen molar-refractivity contribution in [3.63, 3.8) is 0 Å². The van der Waals surface area contributed by atoms with E-state index < -0.39 is 32.9 Å². The molecule has 0 fully saturated rings. The van der Waals surface area contributed by atoms with Crippen LogP contribution in [-0.2, 0) is 21.4 Å². The summed E-state index contributed by atoms with van der Waals surface area (Å²) in [6.45, 7) is 0.337. The molecule has 0 unspecified atom stereocenters. The number of allylic oxidation sites excluding steroid dienone is 1. The Kier molecular flexibility index (Phi) is 6.45. The smallest absolute Gasteiger partial charge is 0.465 e. The highest BCUT2D eigenvalue weighted by molar-refractivity contribution is 7.88. The highest BCUT2D eigenvalue weighted by atomic mass is 32.2. The molecule has 164 valence electrons. The number of benzene rings is 1. The predicted molar refractivity (Wildman–Crippen MR) is 106 cm³/mol. The zero-order valence-corrected chi connectivity index (χ0v) is 17.4. The first-order valence-corrected chi connectivity index (χ1v) is 10.7. The second-order valence-electron chi connectivity index (χ2n) is 5.97. The summed E-state index contributed by atoms with van der Waals surface area (Å²) < 4.78 is 71.8. The molecule has 0 saturated heterocycles. The van der Waals surface area contributed by atoms with E-state index in [4.69, 9.17) is 0 Å². The van der Waals surface area contributed by atoms with Crippen LogP contribution in [0.15, 0.2) is 48.5 Å². The lowest BCUT2D eigenvalue weighted by Crippen LogP contribution is -2.28. The van der Waals surface area contributed by atoms with Crippen molar-refractivity contribution in [2.75, 3.05) is 7.11 Å². The molecule has 0 aliphatic carbocycles. The van der Waals surface area contributed by atoms with E-state index in [1.807, 2.05) is 0 Å². The van der Waals surface area contributed by atoms with Crippen molar-refractivity contribution in [2.45, 2.75) is 12.1 Å². The highest BCUT2D eigenvalue weighted by Gasteiger charge is 2.49. The van der Waals surface area contributed by atoms with Crippen molar-refractivity contribution in [1.82, 2.24) is 14.5 Å². The van der Waals surface area contributed by atoms with E-state index in [2.05, 4.69) is 18.9 Å². The van der Waals surface area contributed by atoms with Crippen LogP contribution < -0.4 is 4.18 Å². The van der Waals surface area contributed by atoms with Gasteiger partial charge in [-0.05, 0) is 23.8 Å². The minimum Gasteiger partial charge on any atom is -0.465 e. The number of imidazole rings is 1. The van der Waals surface area contributed by atoms with E-state index in [0.29, 0.717) is 17.1 Å². The van der Waals surface area contributed by atoms with E-state index in [-0.39, 0.29) is 5.56 Å². The first kappa shape index (κ1) is 22.5. The number of aromatic nitrogens is 3. The predicted octanol–water partition coefficient (Wildman–Crippen LogP) is 3.60. The average Bonchev–Trinajstić information content (AvgIpc) is 3.40. The summed E-state index contributed by atoms with van der Waals surface area (Å²) in [6.07, 6.45) is 8.05. The molecule has 0 aliphatic heterocycles. The standard InChI is InChI=1S/C18H14F3N3O5S2/c1-28-17(25)14-3-2-12(9-15(14)29-31(26,27)18(19,20)21)8-13(16-23-5-7-30-16)10-24-6-4-22-11-24/h2-9,11H,10H2,1H3/b13-8+. The summed E-state index contributed by atoms with van der Waals surface area (Å²) in [6, 6.07) is 3.55. The van der Waals surface area contributed by atoms with Crippen molar-refractivity contribution < 1.29 is 35.3 Å². The SMILES string of the molecule is COC(=O)c1ccc(/C=C(\Cn2ccnc2)c2nccs2)cc1OS(=O)(=O)C(F)(F)F. The maximum absolute atomic E-state index is 12.8. The molecule has 2 heterocycles. The molecule has 0 N–H and O–H groups in total. The number of nitrogens with zero attached hydrogens (tertiary/aromatic N) is 3. The highest BCUT2D eigenvalue weighted by Crippen LogP contribution is 2.31. The Morgan fingerprint density at radius 3 is 2.65 bits per heavy atom. The van der Waals surface area contributed by atoms with Crippen LogP contribution in [0.1, 0.15) is 20.9 Å². The molecule has 13 heteroatoms. The minimum absolute atomic E-state index is 0.283. The van der Waals surface area contributed by atoms with Gasteiger partial charge >= 0.3 is 21.6 Å². The summed E-state index contributed by atoms with van der Waals surface area (Å²) >= 11 is 1.34. The number of hydrogen-bond acceptors (Lipinski definition) is 8. The third kappa shape index (κ3) is 5.30. The Labute approximate surface area is 178 Å². The van der Waals surface area contributed by atoms with Crippen molar-refractivity contribution in [2.24, 2.45) is 0 Å². The van der Waals surface area contributed by atoms with Gasteiger partial charge in [-0.1, -0.05) is 6.07 Å². The Bertz CT molecular complexity index is 1190. The van der Waals surface area contributed by atoms with E-state index in [1.54, 1.807) is 40.9 Å². The zero-order valence-electron chi connectivity index (χ0n) is 15.7. The molecule has 0 saturated carbocycles.